The van der Waals surface area contributed by atoms with E-state index in [9.17, 15) is 4.79 Å². The fraction of sp³-hybridized carbons (Fsp3) is 0.533. The molecule has 1 fully saturated rings. The molecule has 1 N–H and O–H groups in total. The van der Waals surface area contributed by atoms with E-state index in [4.69, 9.17) is 9.84 Å². The largest absolute Gasteiger partial charge is 0.395 e. The van der Waals surface area contributed by atoms with Crippen LogP contribution in [-0.4, -0.2) is 48.8 Å². The predicted octanol–water partition coefficient (Wildman–Crippen LogP) is 1.73. The van der Waals surface area contributed by atoms with Gasteiger partial charge in [0.05, 0.1) is 22.5 Å². The van der Waals surface area contributed by atoms with Gasteiger partial charge in [-0.15, -0.1) is 11.3 Å². The molecule has 1 saturated heterocycles. The number of amides is 1. The molecule has 4 nitrogen and oxygen atoms in total. The van der Waals surface area contributed by atoms with Gasteiger partial charge in [0.15, 0.2) is 0 Å². The zero-order valence-electron chi connectivity index (χ0n) is 11.6. The molecule has 2 heterocycles. The Hall–Kier alpha value is -1.35. The lowest BCUT2D eigenvalue weighted by Gasteiger charge is -2.20. The molecule has 0 aromatic carbocycles. The summed E-state index contributed by atoms with van der Waals surface area (Å²) >= 11 is 1.39. The van der Waals surface area contributed by atoms with Crippen molar-refractivity contribution in [2.45, 2.75) is 25.4 Å². The molecule has 0 saturated carbocycles. The summed E-state index contributed by atoms with van der Waals surface area (Å²) in [5.74, 6) is 5.82. The number of carbonyl (C=O) groups excluding carboxylic acids is 1. The lowest BCUT2D eigenvalue weighted by Crippen LogP contribution is -2.33. The van der Waals surface area contributed by atoms with Crippen LogP contribution in [0.15, 0.2) is 12.1 Å². The molecule has 20 heavy (non-hydrogen) atoms. The molecule has 1 atom stereocenters. The summed E-state index contributed by atoms with van der Waals surface area (Å²) in [7, 11) is 1.81. The minimum Gasteiger partial charge on any atom is -0.395 e. The van der Waals surface area contributed by atoms with Crippen molar-refractivity contribution in [1.29, 1.82) is 0 Å². The van der Waals surface area contributed by atoms with Crippen LogP contribution in [0.1, 0.15) is 33.8 Å². The number of thiophene rings is 1. The summed E-state index contributed by atoms with van der Waals surface area (Å²) in [6.07, 6.45) is 2.74. The van der Waals surface area contributed by atoms with Gasteiger partial charge in [-0.2, -0.15) is 0 Å². The van der Waals surface area contributed by atoms with E-state index < -0.39 is 0 Å². The van der Waals surface area contributed by atoms with E-state index in [-0.39, 0.29) is 18.6 Å². The third-order valence-corrected chi connectivity index (χ3v) is 4.10. The molecule has 0 aliphatic carbocycles. The Kier molecular flexibility index (Phi) is 5.60. The van der Waals surface area contributed by atoms with Gasteiger partial charge >= 0.3 is 0 Å². The number of ether oxygens (including phenoxy) is 1. The monoisotopic (exact) mass is 293 g/mol. The summed E-state index contributed by atoms with van der Waals surface area (Å²) in [4.78, 5) is 15.5. The summed E-state index contributed by atoms with van der Waals surface area (Å²) < 4.78 is 5.54. The summed E-state index contributed by atoms with van der Waals surface area (Å²) in [5.41, 5.74) is 0. The SMILES string of the molecule is CN(CC1CCCO1)C(=O)c1ccc(C#CCCO)s1. The average Bonchev–Trinajstić information content (AvgIpc) is 3.09. The van der Waals surface area contributed by atoms with Gasteiger partial charge in [0.2, 0.25) is 0 Å². The van der Waals surface area contributed by atoms with Crippen molar-refractivity contribution < 1.29 is 14.6 Å². The van der Waals surface area contributed by atoms with Crippen LogP contribution in [-0.2, 0) is 4.74 Å². The highest BCUT2D eigenvalue weighted by Crippen LogP contribution is 2.19. The van der Waals surface area contributed by atoms with Crippen LogP contribution in [0.4, 0.5) is 0 Å². The molecular weight excluding hydrogens is 274 g/mol. The molecule has 108 valence electrons. The number of likely N-dealkylation sites (N-methyl/N-ethyl adjacent to an activating group) is 1. The Morgan fingerprint density at radius 2 is 2.45 bits per heavy atom. The topological polar surface area (TPSA) is 49.8 Å². The highest BCUT2D eigenvalue weighted by atomic mass is 32.1. The van der Waals surface area contributed by atoms with Crippen molar-refractivity contribution in [2.75, 3.05) is 26.8 Å². The van der Waals surface area contributed by atoms with Crippen LogP contribution in [0.5, 0.6) is 0 Å². The maximum Gasteiger partial charge on any atom is 0.263 e. The van der Waals surface area contributed by atoms with Crippen LogP contribution >= 0.6 is 11.3 Å². The van der Waals surface area contributed by atoms with Crippen LogP contribution < -0.4 is 0 Å². The number of rotatable bonds is 4. The predicted molar refractivity (Wildman–Crippen MR) is 78.8 cm³/mol. The van der Waals surface area contributed by atoms with Crippen LogP contribution in [0, 0.1) is 11.8 Å². The Bertz CT molecular complexity index is 509. The smallest absolute Gasteiger partial charge is 0.263 e. The molecule has 2 rings (SSSR count). The maximum atomic E-state index is 12.3. The lowest BCUT2D eigenvalue weighted by atomic mass is 10.2. The number of aliphatic hydroxyl groups is 1. The Morgan fingerprint density at radius 3 is 3.15 bits per heavy atom. The van der Waals surface area contributed by atoms with Gasteiger partial charge in [-0.1, -0.05) is 11.8 Å². The van der Waals surface area contributed by atoms with Crippen molar-refractivity contribution in [2.24, 2.45) is 0 Å². The van der Waals surface area contributed by atoms with Crippen molar-refractivity contribution in [3.05, 3.63) is 21.9 Å². The molecule has 1 aromatic rings. The van der Waals surface area contributed by atoms with E-state index in [1.165, 1.54) is 11.3 Å². The summed E-state index contributed by atoms with van der Waals surface area (Å²) in [6.45, 7) is 1.51. The van der Waals surface area contributed by atoms with Gasteiger partial charge in [0.25, 0.3) is 5.91 Å². The first kappa shape index (κ1) is 15.0. The first-order valence-electron chi connectivity index (χ1n) is 6.77. The lowest BCUT2D eigenvalue weighted by molar-refractivity contribution is 0.0590. The fourth-order valence-corrected chi connectivity index (χ4v) is 2.97. The number of carbonyl (C=O) groups is 1. The molecule has 1 aliphatic rings. The minimum atomic E-state index is 0.0145. The Morgan fingerprint density at radius 1 is 1.60 bits per heavy atom. The van der Waals surface area contributed by atoms with E-state index in [1.807, 2.05) is 12.1 Å². The highest BCUT2D eigenvalue weighted by molar-refractivity contribution is 7.14. The van der Waals surface area contributed by atoms with E-state index in [1.54, 1.807) is 11.9 Å². The van der Waals surface area contributed by atoms with Crippen LogP contribution in [0.25, 0.3) is 0 Å². The van der Waals surface area contributed by atoms with Gasteiger partial charge in [-0.3, -0.25) is 4.79 Å². The number of nitrogens with zero attached hydrogens (tertiary/aromatic N) is 1. The molecule has 0 radical (unpaired) electrons. The van der Waals surface area contributed by atoms with Crippen molar-refractivity contribution >= 4 is 17.2 Å². The first-order valence-corrected chi connectivity index (χ1v) is 7.59. The average molecular weight is 293 g/mol. The third kappa shape index (κ3) is 4.07. The second kappa shape index (κ2) is 7.44. The van der Waals surface area contributed by atoms with Crippen molar-refractivity contribution in [1.82, 2.24) is 4.90 Å². The quantitative estimate of drug-likeness (QED) is 0.860. The highest BCUT2D eigenvalue weighted by Gasteiger charge is 2.21. The molecule has 1 aliphatic heterocycles. The van der Waals surface area contributed by atoms with Crippen LogP contribution in [0.2, 0.25) is 0 Å². The molecule has 0 spiro atoms. The Labute approximate surface area is 123 Å². The zero-order chi connectivity index (χ0) is 14.4. The maximum absolute atomic E-state index is 12.3. The van der Waals surface area contributed by atoms with Gasteiger partial charge < -0.3 is 14.7 Å². The number of aliphatic hydroxyl groups excluding tert-OH is 1. The summed E-state index contributed by atoms with van der Waals surface area (Å²) in [6, 6.07) is 3.66. The zero-order valence-corrected chi connectivity index (χ0v) is 12.4. The van der Waals surface area contributed by atoms with E-state index in [2.05, 4.69) is 11.8 Å². The van der Waals surface area contributed by atoms with Crippen molar-refractivity contribution in [3.63, 3.8) is 0 Å². The minimum absolute atomic E-state index is 0.0145. The van der Waals surface area contributed by atoms with Gasteiger partial charge in [-0.25, -0.2) is 0 Å². The second-order valence-electron chi connectivity index (χ2n) is 4.76. The molecule has 1 aromatic heterocycles. The van der Waals surface area contributed by atoms with E-state index in [0.717, 1.165) is 24.3 Å². The molecule has 1 amide bonds. The van der Waals surface area contributed by atoms with E-state index in [0.29, 0.717) is 17.8 Å². The van der Waals surface area contributed by atoms with Gasteiger partial charge in [0.1, 0.15) is 0 Å². The standard InChI is InChI=1S/C15H19NO3S/c1-16(11-12-5-4-10-19-12)15(18)14-8-7-13(20-14)6-2-3-9-17/h7-8,12,17H,3-5,9-11H2,1H3. The molecule has 0 bridgehead atoms. The molecule has 5 heteroatoms. The fourth-order valence-electron chi connectivity index (χ4n) is 2.09. The van der Waals surface area contributed by atoms with Gasteiger partial charge in [0, 0.05) is 26.6 Å². The number of hydrogen-bond donors (Lipinski definition) is 1. The number of hydrogen-bond acceptors (Lipinski definition) is 4. The third-order valence-electron chi connectivity index (χ3n) is 3.11. The molecular formula is C15H19NO3S. The Balaban J connectivity index is 1.93. The van der Waals surface area contributed by atoms with Crippen LogP contribution in [0.3, 0.4) is 0 Å². The summed E-state index contributed by atoms with van der Waals surface area (Å²) in [5, 5.41) is 8.67. The molecule has 1 unspecified atom stereocenters. The first-order chi connectivity index (χ1) is 9.70. The normalized spacial score (nSPS) is 17.6. The van der Waals surface area contributed by atoms with Gasteiger partial charge in [-0.05, 0) is 25.0 Å². The second-order valence-corrected chi connectivity index (χ2v) is 5.84. The van der Waals surface area contributed by atoms with Crippen molar-refractivity contribution in [3.8, 4) is 11.8 Å². The van der Waals surface area contributed by atoms with E-state index >= 15 is 0 Å².